The van der Waals surface area contributed by atoms with Crippen LogP contribution < -0.4 is 0 Å². The lowest BCUT2D eigenvalue weighted by atomic mass is 10.0. The van der Waals surface area contributed by atoms with E-state index in [9.17, 15) is 14.4 Å². The Morgan fingerprint density at radius 3 is 0.720 bits per heavy atom. The van der Waals surface area contributed by atoms with Crippen molar-refractivity contribution in [2.24, 2.45) is 0 Å². The lowest BCUT2D eigenvalue weighted by Gasteiger charge is -2.18. The van der Waals surface area contributed by atoms with Gasteiger partial charge < -0.3 is 14.2 Å². The van der Waals surface area contributed by atoms with Gasteiger partial charge in [0, 0.05) is 19.3 Å². The number of esters is 3. The zero-order chi connectivity index (χ0) is 54.3. The van der Waals surface area contributed by atoms with Gasteiger partial charge in [0.2, 0.25) is 0 Å². The predicted octanol–water partition coefficient (Wildman–Crippen LogP) is 23.0. The van der Waals surface area contributed by atoms with Crippen molar-refractivity contribution in [1.82, 2.24) is 0 Å². The van der Waals surface area contributed by atoms with E-state index in [0.29, 0.717) is 19.3 Å². The molecular formula is C69H130O6. The van der Waals surface area contributed by atoms with Crippen LogP contribution in [0.3, 0.4) is 0 Å². The first-order chi connectivity index (χ1) is 37.0. The molecule has 0 aliphatic heterocycles. The maximum atomic E-state index is 12.9. The van der Waals surface area contributed by atoms with Gasteiger partial charge in [0.25, 0.3) is 0 Å². The fraction of sp³-hybridized carbons (Fsp3) is 0.899. The molecule has 0 heterocycles. The molecule has 0 N–H and O–H groups in total. The molecule has 0 aromatic carbocycles. The minimum atomic E-state index is -0.770. The van der Waals surface area contributed by atoms with E-state index in [4.69, 9.17) is 14.2 Å². The third-order valence-corrected chi connectivity index (χ3v) is 15.4. The van der Waals surface area contributed by atoms with Crippen molar-refractivity contribution in [3.63, 3.8) is 0 Å². The van der Waals surface area contributed by atoms with Crippen molar-refractivity contribution in [2.45, 2.75) is 386 Å². The van der Waals surface area contributed by atoms with Crippen LogP contribution in [0.25, 0.3) is 0 Å². The van der Waals surface area contributed by atoms with E-state index in [1.807, 2.05) is 0 Å². The van der Waals surface area contributed by atoms with Crippen molar-refractivity contribution in [2.75, 3.05) is 13.2 Å². The van der Waals surface area contributed by atoms with Crippen molar-refractivity contribution in [3.8, 4) is 0 Å². The Bertz CT molecular complexity index is 1210. The average molecular weight is 1060 g/mol. The molecule has 0 rings (SSSR count). The summed E-state index contributed by atoms with van der Waals surface area (Å²) in [7, 11) is 0. The Hall–Kier alpha value is -2.11. The highest BCUT2D eigenvalue weighted by molar-refractivity contribution is 5.71. The van der Waals surface area contributed by atoms with Crippen molar-refractivity contribution in [1.29, 1.82) is 0 Å². The molecule has 6 nitrogen and oxygen atoms in total. The van der Waals surface area contributed by atoms with Crippen molar-refractivity contribution in [3.05, 3.63) is 24.3 Å². The third kappa shape index (κ3) is 62.6. The minimum absolute atomic E-state index is 0.0683. The molecule has 1 atom stereocenters. The second-order valence-electron chi connectivity index (χ2n) is 23.1. The maximum absolute atomic E-state index is 12.9. The molecule has 0 radical (unpaired) electrons. The standard InChI is InChI=1S/C69H130O6/c1-4-7-10-13-16-19-22-24-26-28-30-32-33-34-35-36-37-38-40-41-43-45-47-50-53-56-59-62-68(71)74-65-66(64-73-67(70)61-58-55-52-49-21-18-15-12-9-6-3)75-69(72)63-60-57-54-51-48-46-44-42-39-31-29-27-25-23-20-17-14-11-8-5-2/h12,15,28,30,66H,4-11,13-14,16-27,29,31-65H2,1-3H3/b15-12-,30-28-. The molecule has 0 aliphatic carbocycles. The van der Waals surface area contributed by atoms with Gasteiger partial charge in [0.05, 0.1) is 0 Å². The summed E-state index contributed by atoms with van der Waals surface area (Å²) < 4.78 is 16.9. The number of hydrogen-bond donors (Lipinski definition) is 0. The Labute approximate surface area is 468 Å². The Balaban J connectivity index is 4.13. The largest absolute Gasteiger partial charge is 0.462 e. The number of carbonyl (C=O) groups is 3. The predicted molar refractivity (Wildman–Crippen MR) is 326 cm³/mol. The molecule has 75 heavy (non-hydrogen) atoms. The van der Waals surface area contributed by atoms with E-state index in [2.05, 4.69) is 45.1 Å². The molecule has 0 saturated carbocycles. The summed E-state index contributed by atoms with van der Waals surface area (Å²) in [6, 6.07) is 0. The molecule has 0 bridgehead atoms. The van der Waals surface area contributed by atoms with E-state index < -0.39 is 6.10 Å². The highest BCUT2D eigenvalue weighted by atomic mass is 16.6. The van der Waals surface area contributed by atoms with E-state index >= 15 is 0 Å². The first kappa shape index (κ1) is 72.9. The van der Waals surface area contributed by atoms with Crippen LogP contribution in [0.15, 0.2) is 24.3 Å². The minimum Gasteiger partial charge on any atom is -0.462 e. The fourth-order valence-corrected chi connectivity index (χ4v) is 10.3. The number of hydrogen-bond acceptors (Lipinski definition) is 6. The van der Waals surface area contributed by atoms with Gasteiger partial charge in [-0.3, -0.25) is 14.4 Å². The highest BCUT2D eigenvalue weighted by Gasteiger charge is 2.19. The van der Waals surface area contributed by atoms with Gasteiger partial charge >= 0.3 is 17.9 Å². The van der Waals surface area contributed by atoms with Gasteiger partial charge in [-0.1, -0.05) is 321 Å². The molecule has 1 unspecified atom stereocenters. The molecule has 0 aromatic rings. The van der Waals surface area contributed by atoms with Gasteiger partial charge in [-0.2, -0.15) is 0 Å². The van der Waals surface area contributed by atoms with Gasteiger partial charge in [-0.25, -0.2) is 0 Å². The van der Waals surface area contributed by atoms with Crippen LogP contribution in [0.1, 0.15) is 380 Å². The second-order valence-corrected chi connectivity index (χ2v) is 23.1. The number of rotatable bonds is 63. The zero-order valence-corrected chi connectivity index (χ0v) is 50.8. The van der Waals surface area contributed by atoms with E-state index in [1.54, 1.807) is 0 Å². The maximum Gasteiger partial charge on any atom is 0.306 e. The number of unbranched alkanes of at least 4 members (excludes halogenated alkanes) is 48. The van der Waals surface area contributed by atoms with Crippen molar-refractivity contribution < 1.29 is 28.6 Å². The first-order valence-corrected chi connectivity index (χ1v) is 33.8. The quantitative estimate of drug-likeness (QED) is 0.0261. The van der Waals surface area contributed by atoms with E-state index in [0.717, 1.165) is 70.6 Å². The molecule has 0 amide bonds. The zero-order valence-electron chi connectivity index (χ0n) is 50.8. The van der Waals surface area contributed by atoms with Gasteiger partial charge in [0.15, 0.2) is 6.10 Å². The van der Waals surface area contributed by atoms with Crippen molar-refractivity contribution >= 4 is 17.9 Å². The lowest BCUT2D eigenvalue weighted by Crippen LogP contribution is -2.30. The molecule has 0 spiro atoms. The molecule has 0 fully saturated rings. The topological polar surface area (TPSA) is 78.9 Å². The van der Waals surface area contributed by atoms with Crippen LogP contribution in [0.5, 0.6) is 0 Å². The van der Waals surface area contributed by atoms with Gasteiger partial charge in [0.1, 0.15) is 13.2 Å². The monoisotopic (exact) mass is 1050 g/mol. The van der Waals surface area contributed by atoms with Crippen LogP contribution in [-0.4, -0.2) is 37.2 Å². The molecule has 442 valence electrons. The summed E-state index contributed by atoms with van der Waals surface area (Å²) in [5.41, 5.74) is 0. The molecule has 0 aliphatic rings. The molecular weight excluding hydrogens is 925 g/mol. The summed E-state index contributed by atoms with van der Waals surface area (Å²) in [4.78, 5) is 38.2. The number of carbonyl (C=O) groups excluding carboxylic acids is 3. The van der Waals surface area contributed by atoms with Crippen LogP contribution in [-0.2, 0) is 28.6 Å². The lowest BCUT2D eigenvalue weighted by molar-refractivity contribution is -0.167. The Morgan fingerprint density at radius 2 is 0.467 bits per heavy atom. The summed E-state index contributed by atoms with van der Waals surface area (Å²) in [5.74, 6) is -0.852. The van der Waals surface area contributed by atoms with Crippen LogP contribution in [0.4, 0.5) is 0 Å². The summed E-state index contributed by atoms with van der Waals surface area (Å²) in [6.07, 6.45) is 77.9. The van der Waals surface area contributed by atoms with Gasteiger partial charge in [-0.15, -0.1) is 0 Å². The van der Waals surface area contributed by atoms with Crippen LogP contribution >= 0.6 is 0 Å². The van der Waals surface area contributed by atoms with E-state index in [-0.39, 0.29) is 31.1 Å². The summed E-state index contributed by atoms with van der Waals surface area (Å²) in [5, 5.41) is 0. The fourth-order valence-electron chi connectivity index (χ4n) is 10.3. The van der Waals surface area contributed by atoms with E-state index in [1.165, 1.54) is 270 Å². The normalized spacial score (nSPS) is 12.1. The van der Waals surface area contributed by atoms with Crippen LogP contribution in [0.2, 0.25) is 0 Å². The molecule has 6 heteroatoms. The summed E-state index contributed by atoms with van der Waals surface area (Å²) >= 11 is 0. The van der Waals surface area contributed by atoms with Crippen LogP contribution in [0, 0.1) is 0 Å². The molecule has 0 saturated heterocycles. The molecule has 0 aromatic heterocycles. The Morgan fingerprint density at radius 1 is 0.253 bits per heavy atom. The average Bonchev–Trinajstić information content (AvgIpc) is 3.41. The summed E-state index contributed by atoms with van der Waals surface area (Å²) in [6.45, 7) is 6.64. The third-order valence-electron chi connectivity index (χ3n) is 15.4. The smallest absolute Gasteiger partial charge is 0.306 e. The SMILES string of the molecule is CCC/C=C\CCCCCCCC(=O)OCC(COC(=O)CCCCCCCCCCCCCCCCC/C=C\CCCCCCCCCC)OC(=O)CCCCCCCCCCCCCCCCCCCCCC. The number of allylic oxidation sites excluding steroid dienone is 4. The first-order valence-electron chi connectivity index (χ1n) is 33.8. The Kier molecular flexibility index (Phi) is 62.6. The van der Waals surface area contributed by atoms with Gasteiger partial charge in [-0.05, 0) is 64.2 Å². The highest BCUT2D eigenvalue weighted by Crippen LogP contribution is 2.18. The number of ether oxygens (including phenoxy) is 3. The second kappa shape index (κ2) is 64.4.